The van der Waals surface area contributed by atoms with Crippen LogP contribution in [0, 0.1) is 5.92 Å². The summed E-state index contributed by atoms with van der Waals surface area (Å²) in [4.78, 5) is 11.9. The van der Waals surface area contributed by atoms with Crippen molar-refractivity contribution < 1.29 is 9.53 Å². The van der Waals surface area contributed by atoms with E-state index in [2.05, 4.69) is 21.2 Å². The number of anilines is 1. The first-order valence-electron chi connectivity index (χ1n) is 6.79. The molecule has 0 unspecified atom stereocenters. The van der Waals surface area contributed by atoms with E-state index in [0.29, 0.717) is 18.4 Å². The Bertz CT molecular complexity index is 511. The summed E-state index contributed by atoms with van der Waals surface area (Å²) in [5.74, 6) is 0.966. The minimum atomic E-state index is -0.504. The number of nitrogens with one attached hydrogen (secondary N) is 1. The Balaban J connectivity index is 2.14. The molecule has 0 spiro atoms. The molecule has 0 heterocycles. The molecule has 0 aromatic heterocycles. The number of ether oxygens (including phenoxy) is 1. The maximum absolute atomic E-state index is 11.9. The Morgan fingerprint density at radius 3 is 2.75 bits per heavy atom. The molecule has 2 rings (SSSR count). The molecule has 0 bridgehead atoms. The predicted molar refractivity (Wildman–Crippen MR) is 83.9 cm³/mol. The van der Waals surface area contributed by atoms with Crippen LogP contribution in [0.15, 0.2) is 22.7 Å². The van der Waals surface area contributed by atoms with Gasteiger partial charge in [-0.2, -0.15) is 0 Å². The Morgan fingerprint density at radius 1 is 1.50 bits per heavy atom. The highest BCUT2D eigenvalue weighted by atomic mass is 79.9. The van der Waals surface area contributed by atoms with Crippen LogP contribution in [-0.4, -0.2) is 18.2 Å². The largest absolute Gasteiger partial charge is 0.444 e. The maximum atomic E-state index is 11.9. The zero-order valence-electron chi connectivity index (χ0n) is 12.1. The van der Waals surface area contributed by atoms with Gasteiger partial charge in [0.2, 0.25) is 0 Å². The van der Waals surface area contributed by atoms with Gasteiger partial charge in [-0.05, 0) is 63.3 Å². The van der Waals surface area contributed by atoms with Crippen molar-refractivity contribution in [1.82, 2.24) is 0 Å². The van der Waals surface area contributed by atoms with Gasteiger partial charge in [-0.1, -0.05) is 22.0 Å². The van der Waals surface area contributed by atoms with Gasteiger partial charge in [0.05, 0.1) is 0 Å². The molecule has 1 amide bonds. The second kappa shape index (κ2) is 5.74. The molecule has 110 valence electrons. The molecule has 2 atom stereocenters. The van der Waals surface area contributed by atoms with E-state index < -0.39 is 11.7 Å². The zero-order valence-corrected chi connectivity index (χ0v) is 13.7. The molecular formula is C15H21BrN2O2. The lowest BCUT2D eigenvalue weighted by Crippen LogP contribution is -2.27. The average molecular weight is 341 g/mol. The third-order valence-corrected chi connectivity index (χ3v) is 3.77. The summed E-state index contributed by atoms with van der Waals surface area (Å²) in [6.45, 7) is 6.23. The van der Waals surface area contributed by atoms with Crippen LogP contribution in [0.1, 0.15) is 38.7 Å². The minimum absolute atomic E-state index is 0.429. The fourth-order valence-electron chi connectivity index (χ4n) is 2.26. The molecule has 0 radical (unpaired) electrons. The van der Waals surface area contributed by atoms with Crippen LogP contribution < -0.4 is 11.1 Å². The first kappa shape index (κ1) is 15.3. The number of carbonyl (C=O) groups is 1. The van der Waals surface area contributed by atoms with Crippen molar-refractivity contribution >= 4 is 27.7 Å². The summed E-state index contributed by atoms with van der Waals surface area (Å²) in [5, 5.41) is 2.84. The SMILES string of the molecule is CC(C)(C)OC(=O)Nc1cc(Br)ccc1[C@@H]1C[C@H]1CN. The lowest BCUT2D eigenvalue weighted by Gasteiger charge is -2.20. The van der Waals surface area contributed by atoms with Crippen molar-refractivity contribution in [3.63, 3.8) is 0 Å². The standard InChI is InChI=1S/C15H21BrN2O2/c1-15(2,3)20-14(19)18-13-7-10(16)4-5-11(13)12-6-9(12)8-17/h4-5,7,9,12H,6,8,17H2,1-3H3,(H,18,19)/t9-,12+/m0/s1. The van der Waals surface area contributed by atoms with E-state index in [-0.39, 0.29) is 0 Å². The minimum Gasteiger partial charge on any atom is -0.444 e. The number of rotatable bonds is 3. The molecule has 20 heavy (non-hydrogen) atoms. The fraction of sp³-hybridized carbons (Fsp3) is 0.533. The van der Waals surface area contributed by atoms with Crippen molar-refractivity contribution in [2.45, 2.75) is 38.7 Å². The summed E-state index contributed by atoms with van der Waals surface area (Å²) < 4.78 is 6.23. The summed E-state index contributed by atoms with van der Waals surface area (Å²) in [6, 6.07) is 5.93. The highest BCUT2D eigenvalue weighted by Crippen LogP contribution is 2.49. The van der Waals surface area contributed by atoms with E-state index in [0.717, 1.165) is 22.1 Å². The van der Waals surface area contributed by atoms with Gasteiger partial charge < -0.3 is 10.5 Å². The molecule has 5 heteroatoms. The second-order valence-electron chi connectivity index (χ2n) is 6.20. The Hall–Kier alpha value is -1.07. The first-order chi connectivity index (χ1) is 9.30. The molecule has 0 saturated heterocycles. The number of halogens is 1. The number of hydrogen-bond acceptors (Lipinski definition) is 3. The molecule has 4 nitrogen and oxygen atoms in total. The molecule has 3 N–H and O–H groups in total. The van der Waals surface area contributed by atoms with Crippen LogP contribution in [0.2, 0.25) is 0 Å². The maximum Gasteiger partial charge on any atom is 0.412 e. The summed E-state index contributed by atoms with van der Waals surface area (Å²) in [7, 11) is 0. The van der Waals surface area contributed by atoms with Gasteiger partial charge in [-0.25, -0.2) is 4.79 Å². The molecule has 1 fully saturated rings. The zero-order chi connectivity index (χ0) is 14.9. The Labute approximate surface area is 128 Å². The molecule has 1 aromatic carbocycles. The Kier molecular flexibility index (Phi) is 4.39. The summed E-state index contributed by atoms with van der Waals surface area (Å²) >= 11 is 3.43. The van der Waals surface area contributed by atoms with Crippen molar-refractivity contribution in [2.75, 3.05) is 11.9 Å². The van der Waals surface area contributed by atoms with Gasteiger partial charge in [0, 0.05) is 10.2 Å². The van der Waals surface area contributed by atoms with E-state index in [1.54, 1.807) is 0 Å². The van der Waals surface area contributed by atoms with E-state index >= 15 is 0 Å². The molecule has 1 aromatic rings. The number of amides is 1. The predicted octanol–water partition coefficient (Wildman–Crippen LogP) is 3.86. The lowest BCUT2D eigenvalue weighted by atomic mass is 10.1. The van der Waals surface area contributed by atoms with Crippen LogP contribution in [0.5, 0.6) is 0 Å². The highest BCUT2D eigenvalue weighted by molar-refractivity contribution is 9.10. The van der Waals surface area contributed by atoms with Crippen molar-refractivity contribution in [1.29, 1.82) is 0 Å². The number of nitrogens with two attached hydrogens (primary N) is 1. The summed E-state index contributed by atoms with van der Waals surface area (Å²) in [6.07, 6.45) is 0.656. The van der Waals surface area contributed by atoms with Gasteiger partial charge in [0.15, 0.2) is 0 Å². The van der Waals surface area contributed by atoms with Crippen LogP contribution in [0.25, 0.3) is 0 Å². The third-order valence-electron chi connectivity index (χ3n) is 3.28. The van der Waals surface area contributed by atoms with Gasteiger partial charge in [0.25, 0.3) is 0 Å². The molecule has 1 saturated carbocycles. The van der Waals surface area contributed by atoms with Crippen molar-refractivity contribution in [3.05, 3.63) is 28.2 Å². The normalized spacial score (nSPS) is 21.4. The molecule has 1 aliphatic carbocycles. The van der Waals surface area contributed by atoms with Crippen LogP contribution >= 0.6 is 15.9 Å². The number of benzene rings is 1. The molecule has 1 aliphatic rings. The van der Waals surface area contributed by atoms with Crippen LogP contribution in [0.4, 0.5) is 10.5 Å². The number of carbonyl (C=O) groups excluding carboxylic acids is 1. The fourth-order valence-corrected chi connectivity index (χ4v) is 2.62. The smallest absolute Gasteiger partial charge is 0.412 e. The van der Waals surface area contributed by atoms with E-state index in [1.165, 1.54) is 0 Å². The van der Waals surface area contributed by atoms with Gasteiger partial charge in [0.1, 0.15) is 5.60 Å². The van der Waals surface area contributed by atoms with E-state index in [9.17, 15) is 4.79 Å². The van der Waals surface area contributed by atoms with Gasteiger partial charge >= 0.3 is 6.09 Å². The quantitative estimate of drug-likeness (QED) is 0.877. The molecule has 0 aliphatic heterocycles. The summed E-state index contributed by atoms with van der Waals surface area (Å²) in [5.41, 5.74) is 7.13. The average Bonchev–Trinajstić information content (AvgIpc) is 3.05. The van der Waals surface area contributed by atoms with Crippen LogP contribution in [-0.2, 0) is 4.74 Å². The van der Waals surface area contributed by atoms with Gasteiger partial charge in [-0.3, -0.25) is 5.32 Å². The Morgan fingerprint density at radius 2 is 2.20 bits per heavy atom. The molecular weight excluding hydrogens is 320 g/mol. The van der Waals surface area contributed by atoms with Gasteiger partial charge in [-0.15, -0.1) is 0 Å². The van der Waals surface area contributed by atoms with Crippen molar-refractivity contribution in [2.24, 2.45) is 11.7 Å². The lowest BCUT2D eigenvalue weighted by molar-refractivity contribution is 0.0636. The third kappa shape index (κ3) is 3.96. The second-order valence-corrected chi connectivity index (χ2v) is 7.11. The van der Waals surface area contributed by atoms with E-state index in [1.807, 2.05) is 39.0 Å². The van der Waals surface area contributed by atoms with Crippen molar-refractivity contribution in [3.8, 4) is 0 Å². The van der Waals surface area contributed by atoms with Crippen LogP contribution in [0.3, 0.4) is 0 Å². The van der Waals surface area contributed by atoms with E-state index in [4.69, 9.17) is 10.5 Å². The number of hydrogen-bond donors (Lipinski definition) is 2. The first-order valence-corrected chi connectivity index (χ1v) is 7.59. The topological polar surface area (TPSA) is 64.3 Å². The monoisotopic (exact) mass is 340 g/mol. The highest BCUT2D eigenvalue weighted by Gasteiger charge is 2.38.